The van der Waals surface area contributed by atoms with Crippen molar-refractivity contribution in [1.29, 1.82) is 0 Å². The van der Waals surface area contributed by atoms with Crippen molar-refractivity contribution in [2.45, 2.75) is 6.92 Å². The number of hydrogen-bond donors (Lipinski definition) is 1. The number of benzene rings is 2. The molecule has 1 aliphatic heterocycles. The molecule has 0 unspecified atom stereocenters. The molecule has 0 spiro atoms. The maximum atomic E-state index is 12.6. The van der Waals surface area contributed by atoms with Crippen molar-refractivity contribution in [2.75, 3.05) is 6.79 Å². The summed E-state index contributed by atoms with van der Waals surface area (Å²) in [6, 6.07) is 14.8. The van der Waals surface area contributed by atoms with E-state index >= 15 is 0 Å². The summed E-state index contributed by atoms with van der Waals surface area (Å²) in [7, 11) is 0. The van der Waals surface area contributed by atoms with Crippen molar-refractivity contribution >= 4 is 11.9 Å². The van der Waals surface area contributed by atoms with Crippen molar-refractivity contribution < 1.29 is 9.47 Å². The fraction of sp³-hybridized carbons (Fsp3) is 0.111. The van der Waals surface area contributed by atoms with Crippen LogP contribution < -0.4 is 15.0 Å². The normalized spacial score (nSPS) is 12.9. The highest BCUT2D eigenvalue weighted by Crippen LogP contribution is 2.35. The predicted octanol–water partition coefficient (Wildman–Crippen LogP) is 2.95. The van der Waals surface area contributed by atoms with E-state index in [0.29, 0.717) is 22.7 Å². The predicted molar refractivity (Wildman–Crippen MR) is 90.9 cm³/mol. The Bertz CT molecular complexity index is 971. The summed E-state index contributed by atoms with van der Waals surface area (Å²) in [5.41, 5.74) is 2.63. The molecule has 6 nitrogen and oxygen atoms in total. The number of aromatic amines is 1. The molecule has 0 atom stereocenters. The highest BCUT2D eigenvalue weighted by Gasteiger charge is 2.13. The highest BCUT2D eigenvalue weighted by molar-refractivity contribution is 5.83. The summed E-state index contributed by atoms with van der Waals surface area (Å²) >= 11 is 0. The van der Waals surface area contributed by atoms with Gasteiger partial charge in [0.15, 0.2) is 11.5 Å². The quantitative estimate of drug-likeness (QED) is 0.754. The first kappa shape index (κ1) is 14.3. The first-order valence-corrected chi connectivity index (χ1v) is 7.53. The first-order chi connectivity index (χ1) is 11.7. The van der Waals surface area contributed by atoms with Crippen LogP contribution in [0.25, 0.3) is 5.69 Å². The lowest BCUT2D eigenvalue weighted by atomic mass is 10.2. The van der Waals surface area contributed by atoms with E-state index in [1.807, 2.05) is 43.3 Å². The van der Waals surface area contributed by atoms with Gasteiger partial charge in [-0.2, -0.15) is 0 Å². The Morgan fingerprint density at radius 2 is 1.92 bits per heavy atom. The van der Waals surface area contributed by atoms with Gasteiger partial charge in [-0.1, -0.05) is 18.2 Å². The zero-order chi connectivity index (χ0) is 16.5. The second-order valence-electron chi connectivity index (χ2n) is 5.42. The highest BCUT2D eigenvalue weighted by atomic mass is 16.7. The minimum Gasteiger partial charge on any atom is -0.454 e. The number of nitrogens with zero attached hydrogens (tertiary/aromatic N) is 2. The van der Waals surface area contributed by atoms with E-state index in [1.54, 1.807) is 18.3 Å². The van der Waals surface area contributed by atoms with Crippen LogP contribution in [0.5, 0.6) is 11.5 Å². The fourth-order valence-corrected chi connectivity index (χ4v) is 2.58. The molecule has 1 N–H and O–H groups in total. The Labute approximate surface area is 138 Å². The third kappa shape index (κ3) is 2.48. The summed E-state index contributed by atoms with van der Waals surface area (Å²) in [6.45, 7) is 2.07. The Kier molecular flexibility index (Phi) is 3.42. The third-order valence-electron chi connectivity index (χ3n) is 3.83. The molecule has 0 aliphatic carbocycles. The molecule has 6 heteroatoms. The van der Waals surface area contributed by atoms with E-state index in [2.05, 4.69) is 10.1 Å². The monoisotopic (exact) mass is 321 g/mol. The van der Waals surface area contributed by atoms with Gasteiger partial charge in [-0.05, 0) is 31.2 Å². The number of fused-ring (bicyclic) bond motifs is 1. The number of nitrogens with one attached hydrogen (secondary N) is 1. The third-order valence-corrected chi connectivity index (χ3v) is 3.83. The van der Waals surface area contributed by atoms with Gasteiger partial charge in [0.25, 0.3) is 5.56 Å². The SMILES string of the molecule is Cc1[nH]n(-c2ccccc2)c(=O)c1C=Nc1ccc2c(c1)OCO2. The average molecular weight is 321 g/mol. The molecule has 0 radical (unpaired) electrons. The van der Waals surface area contributed by atoms with Gasteiger partial charge < -0.3 is 9.47 Å². The number of aromatic nitrogens is 2. The van der Waals surface area contributed by atoms with E-state index in [-0.39, 0.29) is 12.4 Å². The molecule has 0 fully saturated rings. The molecule has 0 saturated carbocycles. The summed E-state index contributed by atoms with van der Waals surface area (Å²) in [4.78, 5) is 17.0. The van der Waals surface area contributed by atoms with Gasteiger partial charge >= 0.3 is 0 Å². The largest absolute Gasteiger partial charge is 0.454 e. The van der Waals surface area contributed by atoms with E-state index in [0.717, 1.165) is 11.4 Å². The van der Waals surface area contributed by atoms with Gasteiger partial charge in [0.1, 0.15) is 0 Å². The molecule has 1 aliphatic rings. The number of ether oxygens (including phenoxy) is 2. The van der Waals surface area contributed by atoms with Crippen LogP contribution in [0.15, 0.2) is 58.3 Å². The maximum absolute atomic E-state index is 12.6. The molecule has 4 rings (SSSR count). The van der Waals surface area contributed by atoms with Crippen molar-refractivity contribution in [3.63, 3.8) is 0 Å². The second-order valence-corrected chi connectivity index (χ2v) is 5.42. The summed E-state index contributed by atoms with van der Waals surface area (Å²) in [5, 5.41) is 3.08. The lowest BCUT2D eigenvalue weighted by molar-refractivity contribution is 0.174. The zero-order valence-corrected chi connectivity index (χ0v) is 13.0. The van der Waals surface area contributed by atoms with Crippen molar-refractivity contribution in [2.24, 2.45) is 4.99 Å². The summed E-state index contributed by atoms with van der Waals surface area (Å²) < 4.78 is 12.1. The van der Waals surface area contributed by atoms with Gasteiger partial charge in [-0.3, -0.25) is 14.9 Å². The molecule has 0 bridgehead atoms. The number of aryl methyl sites for hydroxylation is 1. The molecular formula is C18H15N3O3. The van der Waals surface area contributed by atoms with Crippen LogP contribution in [0.1, 0.15) is 11.3 Å². The second kappa shape index (κ2) is 5.73. The van der Waals surface area contributed by atoms with Crippen LogP contribution in [0.4, 0.5) is 5.69 Å². The summed E-state index contributed by atoms with van der Waals surface area (Å²) in [6.07, 6.45) is 1.57. The Hall–Kier alpha value is -3.28. The Morgan fingerprint density at radius 3 is 2.75 bits per heavy atom. The van der Waals surface area contributed by atoms with E-state index < -0.39 is 0 Å². The van der Waals surface area contributed by atoms with E-state index in [4.69, 9.17) is 9.47 Å². The van der Waals surface area contributed by atoms with Crippen molar-refractivity contribution in [1.82, 2.24) is 9.78 Å². The number of para-hydroxylation sites is 1. The Morgan fingerprint density at radius 1 is 1.12 bits per heavy atom. The molecule has 1 aromatic heterocycles. The molecule has 2 heterocycles. The topological polar surface area (TPSA) is 68.6 Å². The molecule has 3 aromatic rings. The number of rotatable bonds is 3. The molecule has 0 amide bonds. The molecule has 2 aromatic carbocycles. The zero-order valence-electron chi connectivity index (χ0n) is 13.0. The number of H-pyrrole nitrogens is 1. The van der Waals surface area contributed by atoms with Crippen molar-refractivity contribution in [3.05, 3.63) is 70.1 Å². The maximum Gasteiger partial charge on any atom is 0.280 e. The van der Waals surface area contributed by atoms with Crippen LogP contribution in [0, 0.1) is 6.92 Å². The van der Waals surface area contributed by atoms with Gasteiger partial charge in [0, 0.05) is 18.0 Å². The van der Waals surface area contributed by atoms with Crippen LogP contribution >= 0.6 is 0 Å². The first-order valence-electron chi connectivity index (χ1n) is 7.53. The lowest BCUT2D eigenvalue weighted by Gasteiger charge is -1.99. The Balaban J connectivity index is 1.68. The molecule has 24 heavy (non-hydrogen) atoms. The number of hydrogen-bond acceptors (Lipinski definition) is 4. The van der Waals surface area contributed by atoms with Gasteiger partial charge in [0.2, 0.25) is 6.79 Å². The smallest absolute Gasteiger partial charge is 0.280 e. The molecular weight excluding hydrogens is 306 g/mol. The van der Waals surface area contributed by atoms with Gasteiger partial charge in [-0.25, -0.2) is 4.68 Å². The van der Waals surface area contributed by atoms with Crippen LogP contribution in [-0.2, 0) is 0 Å². The average Bonchev–Trinajstić information content (AvgIpc) is 3.18. The van der Waals surface area contributed by atoms with E-state index in [1.165, 1.54) is 4.68 Å². The minimum atomic E-state index is -0.136. The lowest BCUT2D eigenvalue weighted by Crippen LogP contribution is -2.17. The molecule has 120 valence electrons. The standard InChI is InChI=1S/C18H15N3O3/c1-12-15(18(22)21(20-12)14-5-3-2-4-6-14)10-19-13-7-8-16-17(9-13)24-11-23-16/h2-10,20H,11H2,1H3. The van der Waals surface area contributed by atoms with Gasteiger partial charge in [-0.15, -0.1) is 0 Å². The van der Waals surface area contributed by atoms with Gasteiger partial charge in [0.05, 0.1) is 16.9 Å². The van der Waals surface area contributed by atoms with Crippen molar-refractivity contribution in [3.8, 4) is 17.2 Å². The van der Waals surface area contributed by atoms with Crippen LogP contribution in [-0.4, -0.2) is 22.8 Å². The molecule has 0 saturated heterocycles. The van der Waals surface area contributed by atoms with Crippen LogP contribution in [0.2, 0.25) is 0 Å². The number of aliphatic imine (C=N–C) groups is 1. The van der Waals surface area contributed by atoms with Crippen LogP contribution in [0.3, 0.4) is 0 Å². The fourth-order valence-electron chi connectivity index (χ4n) is 2.58. The minimum absolute atomic E-state index is 0.136. The van der Waals surface area contributed by atoms with E-state index in [9.17, 15) is 4.79 Å². The summed E-state index contributed by atoms with van der Waals surface area (Å²) in [5.74, 6) is 1.37.